The van der Waals surface area contributed by atoms with Gasteiger partial charge in [0.15, 0.2) is 0 Å². The second-order valence-corrected chi connectivity index (χ2v) is 4.97. The molecule has 0 saturated carbocycles. The largest absolute Gasteiger partial charge is 0.381 e. The first-order valence-electron chi connectivity index (χ1n) is 6.03. The maximum atomic E-state index is 4.31. The molecule has 1 aliphatic heterocycles. The van der Waals surface area contributed by atoms with E-state index in [4.69, 9.17) is 0 Å². The van der Waals surface area contributed by atoms with E-state index in [-0.39, 0.29) is 0 Å². The van der Waals surface area contributed by atoms with E-state index in [0.717, 1.165) is 11.4 Å². The summed E-state index contributed by atoms with van der Waals surface area (Å²) in [6.45, 7) is 6.69. The maximum Gasteiger partial charge on any atom is 0.0529 e. The van der Waals surface area contributed by atoms with Crippen LogP contribution in [0.2, 0.25) is 0 Å². The molecule has 16 heavy (non-hydrogen) atoms. The molecule has 1 saturated heterocycles. The SMILES string of the molecule is Cc1ccc(NC2CCN(C)CC2C)cn1. The van der Waals surface area contributed by atoms with Gasteiger partial charge >= 0.3 is 0 Å². The molecule has 1 N–H and O–H groups in total. The van der Waals surface area contributed by atoms with Crippen LogP contribution in [-0.2, 0) is 0 Å². The molecule has 0 aromatic carbocycles. The predicted molar refractivity (Wildman–Crippen MR) is 67.7 cm³/mol. The Morgan fingerprint density at radius 1 is 1.44 bits per heavy atom. The zero-order valence-corrected chi connectivity index (χ0v) is 10.4. The summed E-state index contributed by atoms with van der Waals surface area (Å²) in [4.78, 5) is 6.71. The molecule has 2 atom stereocenters. The summed E-state index contributed by atoms with van der Waals surface area (Å²) >= 11 is 0. The van der Waals surface area contributed by atoms with Crippen molar-refractivity contribution in [2.24, 2.45) is 5.92 Å². The summed E-state index contributed by atoms with van der Waals surface area (Å²) in [6, 6.07) is 4.76. The highest BCUT2D eigenvalue weighted by Crippen LogP contribution is 2.19. The van der Waals surface area contributed by atoms with Gasteiger partial charge in [0.2, 0.25) is 0 Å². The molecule has 3 heteroatoms. The van der Waals surface area contributed by atoms with E-state index < -0.39 is 0 Å². The average molecular weight is 219 g/mol. The number of rotatable bonds is 2. The number of nitrogens with zero attached hydrogens (tertiary/aromatic N) is 2. The Morgan fingerprint density at radius 2 is 2.25 bits per heavy atom. The van der Waals surface area contributed by atoms with Crippen molar-refractivity contribution < 1.29 is 0 Å². The topological polar surface area (TPSA) is 28.2 Å². The highest BCUT2D eigenvalue weighted by atomic mass is 15.1. The van der Waals surface area contributed by atoms with Crippen LogP contribution in [0.15, 0.2) is 18.3 Å². The third-order valence-corrected chi connectivity index (χ3v) is 3.37. The third-order valence-electron chi connectivity index (χ3n) is 3.37. The fraction of sp³-hybridized carbons (Fsp3) is 0.615. The Kier molecular flexibility index (Phi) is 3.44. The van der Waals surface area contributed by atoms with Gasteiger partial charge in [0, 0.05) is 18.3 Å². The molecule has 0 aliphatic carbocycles. The highest BCUT2D eigenvalue weighted by Gasteiger charge is 2.23. The molecule has 2 heterocycles. The number of likely N-dealkylation sites (tertiary alicyclic amines) is 1. The third kappa shape index (κ3) is 2.73. The van der Waals surface area contributed by atoms with Crippen molar-refractivity contribution in [1.82, 2.24) is 9.88 Å². The van der Waals surface area contributed by atoms with E-state index in [0.29, 0.717) is 12.0 Å². The first kappa shape index (κ1) is 11.4. The minimum Gasteiger partial charge on any atom is -0.381 e. The molecule has 0 radical (unpaired) electrons. The molecule has 1 aromatic heterocycles. The molecular weight excluding hydrogens is 198 g/mol. The van der Waals surface area contributed by atoms with Gasteiger partial charge in [-0.2, -0.15) is 0 Å². The van der Waals surface area contributed by atoms with Crippen molar-refractivity contribution in [2.45, 2.75) is 26.3 Å². The van der Waals surface area contributed by atoms with Crippen LogP contribution in [0, 0.1) is 12.8 Å². The van der Waals surface area contributed by atoms with Crippen molar-refractivity contribution in [1.29, 1.82) is 0 Å². The second-order valence-electron chi connectivity index (χ2n) is 4.97. The molecule has 0 amide bonds. The molecule has 1 aromatic rings. The van der Waals surface area contributed by atoms with Crippen LogP contribution < -0.4 is 5.32 Å². The molecule has 0 bridgehead atoms. The van der Waals surface area contributed by atoms with Crippen LogP contribution in [0.4, 0.5) is 5.69 Å². The number of hydrogen-bond donors (Lipinski definition) is 1. The minimum atomic E-state index is 0.584. The van der Waals surface area contributed by atoms with Gasteiger partial charge in [-0.1, -0.05) is 6.92 Å². The van der Waals surface area contributed by atoms with Gasteiger partial charge in [-0.3, -0.25) is 4.98 Å². The van der Waals surface area contributed by atoms with Crippen molar-refractivity contribution in [3.8, 4) is 0 Å². The van der Waals surface area contributed by atoms with E-state index >= 15 is 0 Å². The Hall–Kier alpha value is -1.09. The van der Waals surface area contributed by atoms with Gasteiger partial charge < -0.3 is 10.2 Å². The zero-order valence-electron chi connectivity index (χ0n) is 10.4. The van der Waals surface area contributed by atoms with Gasteiger partial charge in [0.05, 0.1) is 11.9 Å². The molecule has 0 spiro atoms. The van der Waals surface area contributed by atoms with E-state index in [1.54, 1.807) is 0 Å². The minimum absolute atomic E-state index is 0.584. The average Bonchev–Trinajstić information content (AvgIpc) is 2.25. The lowest BCUT2D eigenvalue weighted by atomic mass is 9.94. The summed E-state index contributed by atoms with van der Waals surface area (Å²) in [5, 5.41) is 3.59. The molecule has 88 valence electrons. The van der Waals surface area contributed by atoms with E-state index in [9.17, 15) is 0 Å². The van der Waals surface area contributed by atoms with Gasteiger partial charge in [-0.05, 0) is 45.0 Å². The lowest BCUT2D eigenvalue weighted by Gasteiger charge is -2.35. The van der Waals surface area contributed by atoms with Crippen LogP contribution in [0.3, 0.4) is 0 Å². The normalized spacial score (nSPS) is 26.7. The van der Waals surface area contributed by atoms with E-state index in [1.807, 2.05) is 13.1 Å². The number of anilines is 1. The highest BCUT2D eigenvalue weighted by molar-refractivity contribution is 5.42. The Balaban J connectivity index is 1.96. The van der Waals surface area contributed by atoms with Crippen LogP contribution in [0.25, 0.3) is 0 Å². The zero-order chi connectivity index (χ0) is 11.5. The fourth-order valence-electron chi connectivity index (χ4n) is 2.34. The molecule has 3 nitrogen and oxygen atoms in total. The second kappa shape index (κ2) is 4.83. The molecule has 1 aliphatic rings. The van der Waals surface area contributed by atoms with Crippen molar-refractivity contribution in [3.63, 3.8) is 0 Å². The van der Waals surface area contributed by atoms with E-state index in [1.165, 1.54) is 19.5 Å². The van der Waals surface area contributed by atoms with Crippen molar-refractivity contribution in [2.75, 3.05) is 25.5 Å². The Morgan fingerprint density at radius 3 is 2.88 bits per heavy atom. The molecule has 2 rings (SSSR count). The Bertz CT molecular complexity index is 334. The van der Waals surface area contributed by atoms with Gasteiger partial charge in [-0.15, -0.1) is 0 Å². The predicted octanol–water partition coefficient (Wildman–Crippen LogP) is 2.14. The van der Waals surface area contributed by atoms with Gasteiger partial charge in [-0.25, -0.2) is 0 Å². The summed E-state index contributed by atoms with van der Waals surface area (Å²) in [5.74, 6) is 0.694. The van der Waals surface area contributed by atoms with Gasteiger partial charge in [0.1, 0.15) is 0 Å². The maximum absolute atomic E-state index is 4.31. The first-order valence-corrected chi connectivity index (χ1v) is 6.03. The standard InChI is InChI=1S/C13H21N3/c1-10-9-16(3)7-6-13(10)15-12-5-4-11(2)14-8-12/h4-5,8,10,13,15H,6-7,9H2,1-3H3. The number of piperidine rings is 1. The number of nitrogens with one attached hydrogen (secondary N) is 1. The first-order chi connectivity index (χ1) is 7.65. The lowest BCUT2D eigenvalue weighted by Crippen LogP contribution is -2.43. The summed E-state index contributed by atoms with van der Waals surface area (Å²) in [5.41, 5.74) is 2.22. The Labute approximate surface area is 97.9 Å². The van der Waals surface area contributed by atoms with Crippen LogP contribution in [0.5, 0.6) is 0 Å². The monoisotopic (exact) mass is 219 g/mol. The van der Waals surface area contributed by atoms with Crippen molar-refractivity contribution >= 4 is 5.69 Å². The molecule has 2 unspecified atom stereocenters. The van der Waals surface area contributed by atoms with Crippen molar-refractivity contribution in [3.05, 3.63) is 24.0 Å². The number of aromatic nitrogens is 1. The van der Waals surface area contributed by atoms with Crippen LogP contribution in [0.1, 0.15) is 19.0 Å². The van der Waals surface area contributed by atoms with E-state index in [2.05, 4.69) is 41.3 Å². The number of hydrogen-bond acceptors (Lipinski definition) is 3. The van der Waals surface area contributed by atoms with Crippen LogP contribution >= 0.6 is 0 Å². The number of pyridine rings is 1. The molecular formula is C13H21N3. The smallest absolute Gasteiger partial charge is 0.0529 e. The van der Waals surface area contributed by atoms with Gasteiger partial charge in [0.25, 0.3) is 0 Å². The quantitative estimate of drug-likeness (QED) is 0.826. The molecule has 1 fully saturated rings. The summed E-state index contributed by atoms with van der Waals surface area (Å²) < 4.78 is 0. The number of aryl methyl sites for hydroxylation is 1. The van der Waals surface area contributed by atoms with Crippen LogP contribution in [-0.4, -0.2) is 36.1 Å². The lowest BCUT2D eigenvalue weighted by molar-refractivity contribution is 0.206. The summed E-state index contributed by atoms with van der Waals surface area (Å²) in [6.07, 6.45) is 3.14. The fourth-order valence-corrected chi connectivity index (χ4v) is 2.34. The summed E-state index contributed by atoms with van der Waals surface area (Å²) in [7, 11) is 2.19.